The molecule has 0 aliphatic carbocycles. The number of rotatable bonds is 2. The number of hydrogen-bond acceptors (Lipinski definition) is 4. The summed E-state index contributed by atoms with van der Waals surface area (Å²) in [5.41, 5.74) is 7.33. The molecule has 0 aliphatic rings. The van der Waals surface area contributed by atoms with Gasteiger partial charge in [0, 0.05) is 0 Å². The van der Waals surface area contributed by atoms with E-state index in [9.17, 15) is 9.59 Å². The van der Waals surface area contributed by atoms with Gasteiger partial charge in [0.25, 0.3) is 0 Å². The van der Waals surface area contributed by atoms with Crippen molar-refractivity contribution >= 4 is 23.2 Å². The third-order valence-electron chi connectivity index (χ3n) is 2.09. The van der Waals surface area contributed by atoms with Crippen LogP contribution in [-0.4, -0.2) is 12.2 Å². The van der Waals surface area contributed by atoms with E-state index in [0.717, 1.165) is 0 Å². The Morgan fingerprint density at radius 3 is 2.94 bits per heavy atom. The fourth-order valence-electron chi connectivity index (χ4n) is 1.35. The lowest BCUT2D eigenvalue weighted by Crippen LogP contribution is -2.24. The number of nitrogens with one attached hydrogen (secondary N) is 1. The lowest BCUT2D eigenvalue weighted by molar-refractivity contribution is 0.249. The Morgan fingerprint density at radius 2 is 2.18 bits per heavy atom. The molecule has 0 bridgehead atoms. The molecular weight excluding hydrogens is 222 g/mol. The van der Waals surface area contributed by atoms with E-state index in [0.29, 0.717) is 11.0 Å². The number of hydrazone groups is 1. The molecule has 86 valence electrons. The number of fused-ring (bicyclic) bond motifs is 1. The molecule has 1 heterocycles. The number of carbonyl (C=O) groups excluding carboxylic acids is 1. The van der Waals surface area contributed by atoms with Crippen LogP contribution in [0.3, 0.4) is 0 Å². The Hall–Kier alpha value is -2.63. The molecule has 1 aromatic heterocycles. The van der Waals surface area contributed by atoms with Crippen LogP contribution in [0.4, 0.5) is 4.79 Å². The topological polar surface area (TPSA) is 97.7 Å². The Kier molecular flexibility index (Phi) is 2.87. The van der Waals surface area contributed by atoms with Gasteiger partial charge < -0.3 is 10.2 Å². The summed E-state index contributed by atoms with van der Waals surface area (Å²) in [5, 5.41) is 3.95. The minimum Gasteiger partial charge on any atom is -0.463 e. The number of nitrogens with two attached hydrogens (primary N) is 1. The number of primary amides is 1. The first-order valence-corrected chi connectivity index (χ1v) is 4.77. The van der Waals surface area contributed by atoms with E-state index in [1.54, 1.807) is 24.3 Å². The normalized spacial score (nSPS) is 10.8. The molecule has 17 heavy (non-hydrogen) atoms. The summed E-state index contributed by atoms with van der Waals surface area (Å²) in [4.78, 5) is 22.3. The molecule has 3 N–H and O–H groups in total. The third-order valence-corrected chi connectivity index (χ3v) is 2.09. The maximum absolute atomic E-state index is 11.9. The van der Waals surface area contributed by atoms with E-state index in [1.165, 1.54) is 12.5 Å². The van der Waals surface area contributed by atoms with Gasteiger partial charge in [0.1, 0.15) is 11.8 Å². The van der Waals surface area contributed by atoms with Crippen molar-refractivity contribution in [3.8, 4) is 0 Å². The summed E-state index contributed by atoms with van der Waals surface area (Å²) in [5.74, 6) is 0. The molecule has 2 aromatic rings. The smallest absolute Gasteiger partial charge is 0.332 e. The van der Waals surface area contributed by atoms with Crippen LogP contribution in [0.25, 0.3) is 11.0 Å². The summed E-state index contributed by atoms with van der Waals surface area (Å²) >= 11 is 0. The Morgan fingerprint density at radius 1 is 1.41 bits per heavy atom. The highest BCUT2D eigenvalue weighted by Crippen LogP contribution is 2.09. The van der Waals surface area contributed by atoms with E-state index in [4.69, 9.17) is 10.2 Å². The van der Waals surface area contributed by atoms with E-state index >= 15 is 0 Å². The molecule has 6 heteroatoms. The second kappa shape index (κ2) is 4.48. The zero-order valence-electron chi connectivity index (χ0n) is 8.71. The summed E-state index contributed by atoms with van der Waals surface area (Å²) in [6.45, 7) is 0. The van der Waals surface area contributed by atoms with Crippen LogP contribution in [0.15, 0.2) is 44.8 Å². The molecule has 0 spiro atoms. The van der Waals surface area contributed by atoms with Crippen molar-refractivity contribution in [1.82, 2.24) is 5.43 Å². The quantitative estimate of drug-likeness (QED) is 0.590. The van der Waals surface area contributed by atoms with Crippen LogP contribution >= 0.6 is 0 Å². The molecule has 2 amide bonds. The van der Waals surface area contributed by atoms with Crippen molar-refractivity contribution in [2.75, 3.05) is 0 Å². The Bertz CT molecular complexity index is 646. The number of urea groups is 1. The molecule has 0 radical (unpaired) electrons. The van der Waals surface area contributed by atoms with Gasteiger partial charge in [0.2, 0.25) is 5.43 Å². The van der Waals surface area contributed by atoms with Crippen molar-refractivity contribution in [2.24, 2.45) is 10.8 Å². The summed E-state index contributed by atoms with van der Waals surface area (Å²) in [6.07, 6.45) is 2.46. The lowest BCUT2D eigenvalue weighted by Gasteiger charge is -1.97. The molecule has 1 aromatic carbocycles. The first-order chi connectivity index (χ1) is 8.18. The van der Waals surface area contributed by atoms with Crippen LogP contribution in [0, 0.1) is 0 Å². The molecule has 2 rings (SSSR count). The first kappa shape index (κ1) is 10.9. The second-order valence-electron chi connectivity index (χ2n) is 3.25. The summed E-state index contributed by atoms with van der Waals surface area (Å²) in [6, 6.07) is 6.06. The maximum atomic E-state index is 11.9. The predicted octanol–water partition coefficient (Wildman–Crippen LogP) is 0.795. The van der Waals surface area contributed by atoms with Gasteiger partial charge in [-0.05, 0) is 12.1 Å². The highest BCUT2D eigenvalue weighted by atomic mass is 16.3. The molecule has 6 nitrogen and oxygen atoms in total. The summed E-state index contributed by atoms with van der Waals surface area (Å²) < 4.78 is 5.25. The highest BCUT2D eigenvalue weighted by Gasteiger charge is 2.03. The molecule has 0 unspecified atom stereocenters. The number of para-hydroxylation sites is 1. The molecule has 0 saturated carbocycles. The van der Waals surface area contributed by atoms with Gasteiger partial charge in [-0.2, -0.15) is 5.10 Å². The number of amides is 2. The maximum Gasteiger partial charge on any atom is 0.332 e. The minimum atomic E-state index is -0.800. The van der Waals surface area contributed by atoms with Crippen LogP contribution in [0.2, 0.25) is 0 Å². The fraction of sp³-hybridized carbons (Fsp3) is 0. The SMILES string of the molecule is NC(=O)N/N=C\c1coc2ccccc2c1=O. The van der Waals surface area contributed by atoms with Gasteiger partial charge in [0.15, 0.2) is 0 Å². The van der Waals surface area contributed by atoms with Gasteiger partial charge in [-0.3, -0.25) is 4.79 Å². The molecule has 0 saturated heterocycles. The lowest BCUT2D eigenvalue weighted by atomic mass is 10.2. The summed E-state index contributed by atoms with van der Waals surface area (Å²) in [7, 11) is 0. The Labute approximate surface area is 95.7 Å². The number of hydrogen-bond donors (Lipinski definition) is 2. The fourth-order valence-corrected chi connectivity index (χ4v) is 1.35. The molecule has 0 atom stereocenters. The van der Waals surface area contributed by atoms with Crippen molar-refractivity contribution in [2.45, 2.75) is 0 Å². The number of carbonyl (C=O) groups is 1. The van der Waals surface area contributed by atoms with E-state index in [2.05, 4.69) is 5.10 Å². The first-order valence-electron chi connectivity index (χ1n) is 4.77. The van der Waals surface area contributed by atoms with Gasteiger partial charge in [-0.1, -0.05) is 12.1 Å². The van der Waals surface area contributed by atoms with Gasteiger partial charge >= 0.3 is 6.03 Å². The van der Waals surface area contributed by atoms with Crippen molar-refractivity contribution in [3.05, 3.63) is 46.3 Å². The van der Waals surface area contributed by atoms with Gasteiger partial charge in [-0.15, -0.1) is 0 Å². The van der Waals surface area contributed by atoms with Crippen LogP contribution in [-0.2, 0) is 0 Å². The van der Waals surface area contributed by atoms with Crippen molar-refractivity contribution in [1.29, 1.82) is 0 Å². The van der Waals surface area contributed by atoms with Crippen LogP contribution in [0.5, 0.6) is 0 Å². The monoisotopic (exact) mass is 231 g/mol. The third kappa shape index (κ3) is 2.31. The average Bonchev–Trinajstić information content (AvgIpc) is 2.32. The molecular formula is C11H9N3O3. The zero-order chi connectivity index (χ0) is 12.3. The van der Waals surface area contributed by atoms with E-state index in [-0.39, 0.29) is 11.0 Å². The zero-order valence-corrected chi connectivity index (χ0v) is 8.71. The van der Waals surface area contributed by atoms with Gasteiger partial charge in [-0.25, -0.2) is 10.2 Å². The Balaban J connectivity index is 2.43. The van der Waals surface area contributed by atoms with Crippen molar-refractivity contribution < 1.29 is 9.21 Å². The van der Waals surface area contributed by atoms with Crippen LogP contribution in [0.1, 0.15) is 5.56 Å². The van der Waals surface area contributed by atoms with E-state index in [1.807, 2.05) is 5.43 Å². The molecule has 0 fully saturated rings. The largest absolute Gasteiger partial charge is 0.463 e. The standard InChI is InChI=1S/C11H9N3O3/c12-11(16)14-13-5-7-6-17-9-4-2-1-3-8(9)10(7)15/h1-6H,(H3,12,14,16)/b13-5-. The minimum absolute atomic E-state index is 0.220. The second-order valence-corrected chi connectivity index (χ2v) is 3.25. The van der Waals surface area contributed by atoms with Crippen molar-refractivity contribution in [3.63, 3.8) is 0 Å². The average molecular weight is 231 g/mol. The van der Waals surface area contributed by atoms with Gasteiger partial charge in [0.05, 0.1) is 17.2 Å². The van der Waals surface area contributed by atoms with Crippen LogP contribution < -0.4 is 16.6 Å². The van der Waals surface area contributed by atoms with E-state index < -0.39 is 6.03 Å². The number of nitrogens with zero attached hydrogens (tertiary/aromatic N) is 1. The highest BCUT2D eigenvalue weighted by molar-refractivity contribution is 5.86. The predicted molar refractivity (Wildman–Crippen MR) is 62.8 cm³/mol. The molecule has 0 aliphatic heterocycles. The number of benzene rings is 1.